The van der Waals surface area contributed by atoms with E-state index in [2.05, 4.69) is 13.2 Å². The third-order valence-electron chi connectivity index (χ3n) is 1.40. The van der Waals surface area contributed by atoms with Crippen LogP contribution in [0.15, 0.2) is 25.3 Å². The molecule has 0 aliphatic carbocycles. The molecule has 0 aromatic heterocycles. The van der Waals surface area contributed by atoms with Gasteiger partial charge in [-0.2, -0.15) is 0 Å². The molecular weight excluding hydrogens is 158 g/mol. The molecule has 0 aliphatic heterocycles. The highest BCUT2D eigenvalue weighted by Gasteiger charge is 2.13. The second kappa shape index (κ2) is 5.61. The number of hydrogen-bond donors (Lipinski definition) is 1. The minimum absolute atomic E-state index is 0.0792. The Kier molecular flexibility index (Phi) is 5.51. The third-order valence-corrected chi connectivity index (χ3v) is 5.75. The number of allylic oxidation sites excluding steroid dienone is 1. The molecule has 0 saturated heterocycles. The Morgan fingerprint density at radius 2 is 2.30 bits per heavy atom. The summed E-state index contributed by atoms with van der Waals surface area (Å²) in [5.41, 5.74) is 5.79. The second-order valence-corrected chi connectivity index (χ2v) is 6.32. The fourth-order valence-electron chi connectivity index (χ4n) is 0.727. The Hall–Kier alpha value is -0.166. The number of rotatable bonds is 5. The van der Waals surface area contributed by atoms with Crippen LogP contribution < -0.4 is 5.73 Å². The van der Waals surface area contributed by atoms with Gasteiger partial charge in [-0.25, -0.2) is 0 Å². The van der Waals surface area contributed by atoms with Crippen molar-refractivity contribution < 1.29 is 4.12 Å². The molecule has 10 heavy (non-hydrogen) atoms. The van der Waals surface area contributed by atoms with E-state index in [9.17, 15) is 0 Å². The minimum atomic E-state index is -1.20. The lowest BCUT2D eigenvalue weighted by Crippen LogP contribution is -2.38. The molecule has 0 heterocycles. The van der Waals surface area contributed by atoms with Crippen LogP contribution in [0.25, 0.3) is 0 Å². The van der Waals surface area contributed by atoms with Crippen LogP contribution in [-0.4, -0.2) is 25.2 Å². The molecule has 0 rings (SSSR count). The molecule has 0 spiro atoms. The van der Waals surface area contributed by atoms with Crippen LogP contribution in [-0.2, 0) is 4.12 Å². The van der Waals surface area contributed by atoms with Crippen molar-refractivity contribution >= 4 is 19.5 Å². The zero-order chi connectivity index (χ0) is 7.98. The average Bonchev–Trinajstić information content (AvgIpc) is 1.99. The molecule has 2 unspecified atom stereocenters. The van der Waals surface area contributed by atoms with Gasteiger partial charge in [0.25, 0.3) is 0 Å². The molecule has 0 radical (unpaired) electrons. The van der Waals surface area contributed by atoms with E-state index >= 15 is 0 Å². The number of nitrogens with two attached hydrogens (primary N) is 1. The maximum absolute atomic E-state index is 5.71. The van der Waals surface area contributed by atoms with E-state index in [1.54, 1.807) is 6.08 Å². The molecule has 2 atom stereocenters. The largest absolute Gasteiger partial charge is 0.464 e. The smallest absolute Gasteiger partial charge is 0.187 e. The lowest BCUT2D eigenvalue weighted by atomic mass is 10.6. The SMILES string of the molecule is C=CC[SiH](O[SiH3])C(N)C=C. The number of hydrogen-bond acceptors (Lipinski definition) is 2. The van der Waals surface area contributed by atoms with E-state index in [1.807, 2.05) is 6.08 Å². The Labute approximate surface area is 67.0 Å². The molecule has 0 bridgehead atoms. The van der Waals surface area contributed by atoms with Crippen molar-refractivity contribution in [1.29, 1.82) is 0 Å². The van der Waals surface area contributed by atoms with Gasteiger partial charge in [-0.05, 0) is 6.04 Å². The summed E-state index contributed by atoms with van der Waals surface area (Å²) in [5, 5.41) is 0. The zero-order valence-corrected chi connectivity index (χ0v) is 9.57. The van der Waals surface area contributed by atoms with Gasteiger partial charge in [0.15, 0.2) is 9.04 Å². The van der Waals surface area contributed by atoms with Gasteiger partial charge in [-0.1, -0.05) is 12.2 Å². The van der Waals surface area contributed by atoms with Crippen molar-refractivity contribution in [1.82, 2.24) is 0 Å². The Bertz CT molecular complexity index is 118. The van der Waals surface area contributed by atoms with E-state index in [0.29, 0.717) is 0 Å². The van der Waals surface area contributed by atoms with Gasteiger partial charge >= 0.3 is 0 Å². The molecule has 58 valence electrons. The van der Waals surface area contributed by atoms with Gasteiger partial charge < -0.3 is 9.85 Å². The van der Waals surface area contributed by atoms with Gasteiger partial charge in [0.1, 0.15) is 10.5 Å². The summed E-state index contributed by atoms with van der Waals surface area (Å²) in [6.07, 6.45) is 3.64. The van der Waals surface area contributed by atoms with E-state index in [4.69, 9.17) is 9.85 Å². The Morgan fingerprint density at radius 1 is 1.70 bits per heavy atom. The van der Waals surface area contributed by atoms with Crippen LogP contribution in [0.5, 0.6) is 0 Å². The van der Waals surface area contributed by atoms with Crippen molar-refractivity contribution in [2.45, 2.75) is 11.7 Å². The summed E-state index contributed by atoms with van der Waals surface area (Å²) >= 11 is 0. The normalized spacial score (nSPS) is 16.1. The molecule has 2 nitrogen and oxygen atoms in total. The summed E-state index contributed by atoms with van der Waals surface area (Å²) in [7, 11) is -0.429. The summed E-state index contributed by atoms with van der Waals surface area (Å²) in [4.78, 5) is 0. The fraction of sp³-hybridized carbons (Fsp3) is 0.333. The predicted molar refractivity (Wildman–Crippen MR) is 51.3 cm³/mol. The van der Waals surface area contributed by atoms with Gasteiger partial charge in [0, 0.05) is 5.67 Å². The summed E-state index contributed by atoms with van der Waals surface area (Å²) in [5.74, 6) is 0. The molecule has 0 aliphatic rings. The molecular formula is C6H15NOSi2. The van der Waals surface area contributed by atoms with Gasteiger partial charge in [-0.3, -0.25) is 0 Å². The van der Waals surface area contributed by atoms with E-state index in [1.165, 1.54) is 0 Å². The van der Waals surface area contributed by atoms with Crippen LogP contribution in [0.2, 0.25) is 6.04 Å². The fourth-order valence-corrected chi connectivity index (χ4v) is 3.70. The molecule has 0 aromatic rings. The highest BCUT2D eigenvalue weighted by molar-refractivity contribution is 6.58. The van der Waals surface area contributed by atoms with Crippen LogP contribution in [0, 0.1) is 0 Å². The summed E-state index contributed by atoms with van der Waals surface area (Å²) < 4.78 is 5.35. The Balaban J connectivity index is 3.78. The lowest BCUT2D eigenvalue weighted by molar-refractivity contribution is 0.618. The van der Waals surface area contributed by atoms with Gasteiger partial charge in [0.2, 0.25) is 0 Å². The maximum Gasteiger partial charge on any atom is 0.187 e. The van der Waals surface area contributed by atoms with Crippen LogP contribution in [0.3, 0.4) is 0 Å². The highest BCUT2D eigenvalue weighted by Crippen LogP contribution is 1.98. The van der Waals surface area contributed by atoms with Gasteiger partial charge in [-0.15, -0.1) is 13.2 Å². The van der Waals surface area contributed by atoms with Crippen LogP contribution >= 0.6 is 0 Å². The average molecular weight is 173 g/mol. The van der Waals surface area contributed by atoms with Crippen molar-refractivity contribution in [2.75, 3.05) is 0 Å². The summed E-state index contributed by atoms with van der Waals surface area (Å²) in [6.45, 7) is 7.27. The lowest BCUT2D eigenvalue weighted by Gasteiger charge is -2.15. The van der Waals surface area contributed by atoms with Gasteiger partial charge in [0.05, 0.1) is 0 Å². The standard InChI is InChI=1S/C6H15NOSi2/c1-3-5-10(8-9)6(7)4-2/h3-4,6,10H,1-2,5,7H2,9H3. The van der Waals surface area contributed by atoms with Crippen molar-refractivity contribution in [3.8, 4) is 0 Å². The first-order valence-corrected chi connectivity index (χ1v) is 6.05. The van der Waals surface area contributed by atoms with Crippen molar-refractivity contribution in [2.24, 2.45) is 5.73 Å². The highest BCUT2D eigenvalue weighted by atomic mass is 28.3. The molecule has 0 saturated carbocycles. The van der Waals surface area contributed by atoms with Crippen LogP contribution in [0.1, 0.15) is 0 Å². The molecule has 0 amide bonds. The molecule has 0 fully saturated rings. The van der Waals surface area contributed by atoms with E-state index in [-0.39, 0.29) is 5.67 Å². The van der Waals surface area contributed by atoms with E-state index in [0.717, 1.165) is 16.5 Å². The topological polar surface area (TPSA) is 35.2 Å². The third kappa shape index (κ3) is 3.12. The minimum Gasteiger partial charge on any atom is -0.464 e. The predicted octanol–water partition coefficient (Wildman–Crippen LogP) is -0.754. The summed E-state index contributed by atoms with van der Waals surface area (Å²) in [6, 6.07) is 0.941. The molecule has 4 heteroatoms. The monoisotopic (exact) mass is 173 g/mol. The Morgan fingerprint density at radius 3 is 2.60 bits per heavy atom. The maximum atomic E-state index is 5.71. The quantitative estimate of drug-likeness (QED) is 0.438. The first-order valence-electron chi connectivity index (χ1n) is 3.28. The molecule has 2 N–H and O–H groups in total. The zero-order valence-electron chi connectivity index (χ0n) is 6.42. The van der Waals surface area contributed by atoms with E-state index < -0.39 is 9.04 Å². The second-order valence-electron chi connectivity index (χ2n) is 2.11. The first kappa shape index (κ1) is 9.83. The molecule has 0 aromatic carbocycles. The first-order chi connectivity index (χ1) is 4.76. The van der Waals surface area contributed by atoms with Crippen molar-refractivity contribution in [3.63, 3.8) is 0 Å². The van der Waals surface area contributed by atoms with Crippen LogP contribution in [0.4, 0.5) is 0 Å². The van der Waals surface area contributed by atoms with Crippen molar-refractivity contribution in [3.05, 3.63) is 25.3 Å².